The van der Waals surface area contributed by atoms with Crippen LogP contribution < -0.4 is 11.3 Å². The van der Waals surface area contributed by atoms with E-state index in [4.69, 9.17) is 15.6 Å². The van der Waals surface area contributed by atoms with Gasteiger partial charge in [-0.05, 0) is 26.2 Å². The Labute approximate surface area is 97.6 Å². The lowest BCUT2D eigenvalue weighted by atomic mass is 9.95. The van der Waals surface area contributed by atoms with Crippen molar-refractivity contribution in [2.45, 2.75) is 57.6 Å². The Morgan fingerprint density at radius 3 is 2.56 bits per heavy atom. The lowest BCUT2D eigenvalue weighted by Crippen LogP contribution is -2.40. The predicted octanol–water partition coefficient (Wildman–Crippen LogP) is 1.61. The van der Waals surface area contributed by atoms with E-state index in [1.165, 1.54) is 32.1 Å². The molecule has 0 aromatic heterocycles. The van der Waals surface area contributed by atoms with Crippen molar-refractivity contribution in [1.82, 2.24) is 5.43 Å². The molecule has 1 saturated carbocycles. The van der Waals surface area contributed by atoms with Crippen molar-refractivity contribution in [1.29, 1.82) is 0 Å². The van der Waals surface area contributed by atoms with Crippen LogP contribution in [0.2, 0.25) is 0 Å². The van der Waals surface area contributed by atoms with Gasteiger partial charge in [0.25, 0.3) is 0 Å². The molecule has 0 spiro atoms. The summed E-state index contributed by atoms with van der Waals surface area (Å²) in [7, 11) is 0. The van der Waals surface area contributed by atoms with E-state index in [9.17, 15) is 0 Å². The Bertz CT molecular complexity index is 249. The molecule has 1 heterocycles. The van der Waals surface area contributed by atoms with Gasteiger partial charge in [-0.1, -0.05) is 19.3 Å². The van der Waals surface area contributed by atoms with E-state index < -0.39 is 0 Å². The maximum absolute atomic E-state index is 5.60. The molecule has 2 aliphatic rings. The summed E-state index contributed by atoms with van der Waals surface area (Å²) >= 11 is 0. The fourth-order valence-corrected chi connectivity index (χ4v) is 2.74. The molecule has 0 amide bonds. The zero-order valence-electron chi connectivity index (χ0n) is 10.1. The Morgan fingerprint density at radius 2 is 2.00 bits per heavy atom. The van der Waals surface area contributed by atoms with Crippen LogP contribution in [0.25, 0.3) is 0 Å². The number of nitrogens with two attached hydrogens (primary N) is 1. The standard InChI is InChI=1S/C12H23N3O/c1-9-11(7-8-16-9)12(15-13)14-10-5-3-2-4-6-10/h9-11H,2-8,13H2,1H3,(H,14,15). The Morgan fingerprint density at radius 1 is 1.25 bits per heavy atom. The van der Waals surface area contributed by atoms with Crippen molar-refractivity contribution in [2.24, 2.45) is 16.8 Å². The molecule has 0 bridgehead atoms. The highest BCUT2D eigenvalue weighted by molar-refractivity contribution is 5.85. The van der Waals surface area contributed by atoms with Crippen LogP contribution in [0.3, 0.4) is 0 Å². The van der Waals surface area contributed by atoms with Crippen LogP contribution in [0.1, 0.15) is 45.4 Å². The Kier molecular flexibility index (Phi) is 4.18. The summed E-state index contributed by atoms with van der Waals surface area (Å²) in [6.45, 7) is 2.93. The molecule has 1 aliphatic heterocycles. The van der Waals surface area contributed by atoms with Gasteiger partial charge in [-0.25, -0.2) is 5.84 Å². The number of nitrogens with zero attached hydrogens (tertiary/aromatic N) is 1. The van der Waals surface area contributed by atoms with Gasteiger partial charge in [0.1, 0.15) is 5.84 Å². The molecule has 2 fully saturated rings. The van der Waals surface area contributed by atoms with Gasteiger partial charge in [-0.2, -0.15) is 0 Å². The van der Waals surface area contributed by atoms with Crippen LogP contribution in [0.5, 0.6) is 0 Å². The highest BCUT2D eigenvalue weighted by atomic mass is 16.5. The van der Waals surface area contributed by atoms with Gasteiger partial charge in [0.15, 0.2) is 0 Å². The molecule has 2 rings (SSSR count). The van der Waals surface area contributed by atoms with E-state index in [0.29, 0.717) is 12.0 Å². The van der Waals surface area contributed by atoms with Gasteiger partial charge in [-0.3, -0.25) is 4.99 Å². The minimum absolute atomic E-state index is 0.249. The van der Waals surface area contributed by atoms with E-state index >= 15 is 0 Å². The van der Waals surface area contributed by atoms with Gasteiger partial charge in [0.2, 0.25) is 0 Å². The second kappa shape index (κ2) is 5.64. The first kappa shape index (κ1) is 11.9. The maximum atomic E-state index is 5.60. The fourth-order valence-electron chi connectivity index (χ4n) is 2.74. The van der Waals surface area contributed by atoms with Crippen LogP contribution in [0, 0.1) is 5.92 Å². The van der Waals surface area contributed by atoms with E-state index in [2.05, 4.69) is 12.3 Å². The average molecular weight is 225 g/mol. The van der Waals surface area contributed by atoms with E-state index in [-0.39, 0.29) is 6.10 Å². The molecule has 4 nitrogen and oxygen atoms in total. The number of rotatable bonds is 2. The van der Waals surface area contributed by atoms with E-state index in [0.717, 1.165) is 18.9 Å². The number of aliphatic imine (C=N–C) groups is 1. The molecule has 2 atom stereocenters. The Balaban J connectivity index is 1.99. The molecule has 1 aliphatic carbocycles. The van der Waals surface area contributed by atoms with Gasteiger partial charge >= 0.3 is 0 Å². The minimum atomic E-state index is 0.249. The molecule has 16 heavy (non-hydrogen) atoms. The topological polar surface area (TPSA) is 59.6 Å². The lowest BCUT2D eigenvalue weighted by molar-refractivity contribution is 0.116. The summed E-state index contributed by atoms with van der Waals surface area (Å²) in [5.74, 6) is 6.92. The summed E-state index contributed by atoms with van der Waals surface area (Å²) in [5.41, 5.74) is 2.79. The van der Waals surface area contributed by atoms with Crippen LogP contribution in [0.15, 0.2) is 4.99 Å². The first-order valence-electron chi connectivity index (χ1n) is 6.47. The largest absolute Gasteiger partial charge is 0.378 e. The predicted molar refractivity (Wildman–Crippen MR) is 65.2 cm³/mol. The third-order valence-corrected chi connectivity index (χ3v) is 3.77. The molecular weight excluding hydrogens is 202 g/mol. The molecule has 2 unspecified atom stereocenters. The van der Waals surface area contributed by atoms with Crippen LogP contribution in [-0.4, -0.2) is 24.6 Å². The fraction of sp³-hybridized carbons (Fsp3) is 0.917. The zero-order valence-corrected chi connectivity index (χ0v) is 10.1. The molecule has 1 saturated heterocycles. The minimum Gasteiger partial charge on any atom is -0.378 e. The highest BCUT2D eigenvalue weighted by Gasteiger charge is 2.29. The summed E-state index contributed by atoms with van der Waals surface area (Å²) in [5, 5.41) is 0. The Hall–Kier alpha value is -0.610. The molecule has 3 N–H and O–H groups in total. The van der Waals surface area contributed by atoms with Gasteiger partial charge in [0.05, 0.1) is 12.1 Å². The van der Waals surface area contributed by atoms with Crippen molar-refractivity contribution in [3.8, 4) is 0 Å². The monoisotopic (exact) mass is 225 g/mol. The lowest BCUT2D eigenvalue weighted by Gasteiger charge is -2.22. The van der Waals surface area contributed by atoms with Crippen LogP contribution in [0.4, 0.5) is 0 Å². The van der Waals surface area contributed by atoms with Crippen molar-refractivity contribution in [3.05, 3.63) is 0 Å². The third kappa shape index (κ3) is 2.74. The molecule has 4 heteroatoms. The first-order chi connectivity index (χ1) is 7.81. The second-order valence-corrected chi connectivity index (χ2v) is 4.92. The maximum Gasteiger partial charge on any atom is 0.116 e. The van der Waals surface area contributed by atoms with Crippen molar-refractivity contribution in [3.63, 3.8) is 0 Å². The number of hydrazine groups is 1. The smallest absolute Gasteiger partial charge is 0.116 e. The SMILES string of the molecule is CC1OCCC1C(=NC1CCCCC1)NN. The summed E-state index contributed by atoms with van der Waals surface area (Å²) in [6.07, 6.45) is 7.70. The highest BCUT2D eigenvalue weighted by Crippen LogP contribution is 2.24. The molecular formula is C12H23N3O. The summed E-state index contributed by atoms with van der Waals surface area (Å²) in [6, 6.07) is 0.479. The zero-order chi connectivity index (χ0) is 11.4. The number of ether oxygens (including phenoxy) is 1. The average Bonchev–Trinajstić information content (AvgIpc) is 2.74. The number of hydrogen-bond donors (Lipinski definition) is 2. The number of nitrogens with one attached hydrogen (secondary N) is 1. The van der Waals surface area contributed by atoms with Gasteiger partial charge in [-0.15, -0.1) is 0 Å². The first-order valence-corrected chi connectivity index (χ1v) is 6.47. The normalized spacial score (nSPS) is 33.0. The molecule has 92 valence electrons. The molecule has 0 radical (unpaired) electrons. The van der Waals surface area contributed by atoms with Gasteiger partial charge < -0.3 is 10.2 Å². The second-order valence-electron chi connectivity index (χ2n) is 4.92. The van der Waals surface area contributed by atoms with E-state index in [1.807, 2.05) is 0 Å². The molecule has 0 aromatic carbocycles. The number of amidine groups is 1. The van der Waals surface area contributed by atoms with E-state index in [1.54, 1.807) is 0 Å². The van der Waals surface area contributed by atoms with Crippen molar-refractivity contribution < 1.29 is 4.74 Å². The summed E-state index contributed by atoms with van der Waals surface area (Å²) in [4.78, 5) is 4.79. The quantitative estimate of drug-likeness (QED) is 0.325. The van der Waals surface area contributed by atoms with Gasteiger partial charge in [0, 0.05) is 12.5 Å². The number of hydrogen-bond acceptors (Lipinski definition) is 3. The van der Waals surface area contributed by atoms with Crippen LogP contribution >= 0.6 is 0 Å². The third-order valence-electron chi connectivity index (χ3n) is 3.77. The summed E-state index contributed by atoms with van der Waals surface area (Å²) < 4.78 is 5.56. The van der Waals surface area contributed by atoms with Crippen molar-refractivity contribution in [2.75, 3.05) is 6.61 Å². The molecule has 0 aromatic rings. The van der Waals surface area contributed by atoms with Crippen molar-refractivity contribution >= 4 is 5.84 Å². The van der Waals surface area contributed by atoms with Crippen LogP contribution in [-0.2, 0) is 4.74 Å².